The van der Waals surface area contributed by atoms with Crippen LogP contribution in [0.3, 0.4) is 0 Å². The van der Waals surface area contributed by atoms with Crippen LogP contribution in [0.1, 0.15) is 42.5 Å². The van der Waals surface area contributed by atoms with Gasteiger partial charge in [-0.2, -0.15) is 0 Å². The molecular formula is C35H36N6O3. The average Bonchev–Trinajstić information content (AvgIpc) is 3.49. The number of nitrogens with zero attached hydrogens (tertiary/aromatic N) is 3. The zero-order chi connectivity index (χ0) is 29.8. The van der Waals surface area contributed by atoms with E-state index in [0.717, 1.165) is 103 Å². The van der Waals surface area contributed by atoms with Crippen LogP contribution in [0.15, 0.2) is 65.5 Å². The highest BCUT2D eigenvalue weighted by Crippen LogP contribution is 2.41. The Hall–Kier alpha value is -4.63. The van der Waals surface area contributed by atoms with Gasteiger partial charge in [0.15, 0.2) is 0 Å². The minimum absolute atomic E-state index is 0.189. The van der Waals surface area contributed by atoms with Gasteiger partial charge in [-0.15, -0.1) is 0 Å². The Morgan fingerprint density at radius 3 is 2.48 bits per heavy atom. The molecule has 0 saturated carbocycles. The van der Waals surface area contributed by atoms with Gasteiger partial charge in [-0.25, -0.2) is 9.78 Å². The second-order valence-electron chi connectivity index (χ2n) is 12.5. The summed E-state index contributed by atoms with van der Waals surface area (Å²) in [5.74, 6) is 0.123. The fourth-order valence-electron chi connectivity index (χ4n) is 7.54. The van der Waals surface area contributed by atoms with Crippen molar-refractivity contribution in [3.8, 4) is 22.5 Å². The Morgan fingerprint density at radius 2 is 1.73 bits per heavy atom. The van der Waals surface area contributed by atoms with Crippen LogP contribution in [0, 0.1) is 5.92 Å². The molecule has 0 radical (unpaired) electrons. The Morgan fingerprint density at radius 1 is 0.909 bits per heavy atom. The molecule has 5 aromatic rings. The van der Waals surface area contributed by atoms with Crippen molar-refractivity contribution < 1.29 is 9.90 Å². The number of aromatic amines is 2. The summed E-state index contributed by atoms with van der Waals surface area (Å²) in [5.41, 5.74) is 6.61. The van der Waals surface area contributed by atoms with E-state index in [1.165, 1.54) is 6.42 Å². The molecule has 224 valence electrons. The predicted octanol–water partition coefficient (Wildman–Crippen LogP) is 5.93. The molecule has 0 spiro atoms. The lowest BCUT2D eigenvalue weighted by Gasteiger charge is -2.45. The first-order valence-electron chi connectivity index (χ1n) is 15.8. The summed E-state index contributed by atoms with van der Waals surface area (Å²) in [6, 6.07) is 19.4. The monoisotopic (exact) mass is 588 g/mol. The van der Waals surface area contributed by atoms with Crippen LogP contribution in [0.4, 0.5) is 11.4 Å². The van der Waals surface area contributed by atoms with E-state index >= 15 is 0 Å². The highest BCUT2D eigenvalue weighted by molar-refractivity contribution is 6.04. The van der Waals surface area contributed by atoms with E-state index in [2.05, 4.69) is 37.2 Å². The standard InChI is InChI=1S/C35H36N6O3/c42-34-31(33-37-26-9-2-3-10-27(26)38-33)32(36-29-20-40-15-11-21(29)12-16-40)25-18-24(22-7-6-8-23(17-22)35(43)44)30(19-28(25)39-34)41-13-4-1-5-14-41/h2-3,6-10,17-19,21,29H,1,4-5,11-16,20H2,(H,37,38)(H,43,44)(H2,36,39,42)/t29-/m1/s1. The first kappa shape index (κ1) is 27.0. The van der Waals surface area contributed by atoms with E-state index in [-0.39, 0.29) is 17.2 Å². The van der Waals surface area contributed by atoms with Crippen LogP contribution in [-0.4, -0.2) is 69.7 Å². The second kappa shape index (κ2) is 10.8. The van der Waals surface area contributed by atoms with Gasteiger partial charge in [0.1, 0.15) is 11.4 Å². The van der Waals surface area contributed by atoms with Gasteiger partial charge in [-0.3, -0.25) is 4.79 Å². The number of para-hydroxylation sites is 2. The van der Waals surface area contributed by atoms with Gasteiger partial charge in [-0.1, -0.05) is 24.3 Å². The lowest BCUT2D eigenvalue weighted by molar-refractivity contribution is 0.0697. The fourth-order valence-corrected chi connectivity index (χ4v) is 7.54. The molecule has 44 heavy (non-hydrogen) atoms. The molecule has 6 heterocycles. The maximum absolute atomic E-state index is 14.1. The summed E-state index contributed by atoms with van der Waals surface area (Å²) >= 11 is 0. The lowest BCUT2D eigenvalue weighted by atomic mass is 9.83. The molecule has 4 N–H and O–H groups in total. The van der Waals surface area contributed by atoms with Crippen LogP contribution in [0.2, 0.25) is 0 Å². The number of H-pyrrole nitrogens is 2. The van der Waals surface area contributed by atoms with E-state index < -0.39 is 5.97 Å². The van der Waals surface area contributed by atoms with Crippen LogP contribution >= 0.6 is 0 Å². The zero-order valence-corrected chi connectivity index (χ0v) is 24.6. The second-order valence-corrected chi connectivity index (χ2v) is 12.5. The van der Waals surface area contributed by atoms with Crippen LogP contribution < -0.4 is 15.8 Å². The number of carboxylic acid groups (broad SMARTS) is 1. The fraction of sp³-hybridized carbons (Fsp3) is 0.343. The molecule has 4 aliphatic rings. The Balaban J connectivity index is 1.38. The van der Waals surface area contributed by atoms with Crippen molar-refractivity contribution in [1.29, 1.82) is 0 Å². The van der Waals surface area contributed by atoms with Crippen molar-refractivity contribution in [2.75, 3.05) is 42.9 Å². The summed E-state index contributed by atoms with van der Waals surface area (Å²) < 4.78 is 0. The van der Waals surface area contributed by atoms with Crippen LogP contribution in [0.5, 0.6) is 0 Å². The number of aromatic nitrogens is 3. The molecule has 2 aromatic heterocycles. The molecule has 4 saturated heterocycles. The number of anilines is 2. The number of carboxylic acids is 1. The molecule has 4 aliphatic heterocycles. The zero-order valence-electron chi connectivity index (χ0n) is 24.6. The number of fused-ring (bicyclic) bond motifs is 5. The van der Waals surface area contributed by atoms with Gasteiger partial charge < -0.3 is 30.2 Å². The maximum atomic E-state index is 14.1. The first-order valence-corrected chi connectivity index (χ1v) is 15.8. The van der Waals surface area contributed by atoms with E-state index in [1.807, 2.05) is 36.4 Å². The van der Waals surface area contributed by atoms with Crippen molar-refractivity contribution in [1.82, 2.24) is 19.9 Å². The molecule has 0 amide bonds. The summed E-state index contributed by atoms with van der Waals surface area (Å²) in [7, 11) is 0. The Bertz CT molecular complexity index is 1910. The number of pyridine rings is 1. The summed E-state index contributed by atoms with van der Waals surface area (Å²) in [6.45, 7) is 5.03. The number of carbonyl (C=O) groups is 1. The van der Waals surface area contributed by atoms with E-state index in [4.69, 9.17) is 4.98 Å². The van der Waals surface area contributed by atoms with Crippen molar-refractivity contribution in [3.05, 3.63) is 76.6 Å². The van der Waals surface area contributed by atoms with Gasteiger partial charge in [0.25, 0.3) is 5.56 Å². The molecule has 3 aromatic carbocycles. The minimum Gasteiger partial charge on any atom is -0.478 e. The number of rotatable bonds is 6. The van der Waals surface area contributed by atoms with Gasteiger partial charge in [0, 0.05) is 42.3 Å². The molecule has 0 unspecified atom stereocenters. The largest absolute Gasteiger partial charge is 0.478 e. The third-order valence-electron chi connectivity index (χ3n) is 9.86. The molecule has 1 atom stereocenters. The third-order valence-corrected chi connectivity index (χ3v) is 9.86. The quantitative estimate of drug-likeness (QED) is 0.194. The molecule has 2 bridgehead atoms. The molecule has 0 aliphatic carbocycles. The predicted molar refractivity (Wildman–Crippen MR) is 175 cm³/mol. The summed E-state index contributed by atoms with van der Waals surface area (Å²) in [5, 5.41) is 14.6. The van der Waals surface area contributed by atoms with Gasteiger partial charge >= 0.3 is 5.97 Å². The maximum Gasteiger partial charge on any atom is 0.335 e. The number of benzene rings is 3. The molecular weight excluding hydrogens is 552 g/mol. The number of piperidine rings is 4. The van der Waals surface area contributed by atoms with E-state index in [9.17, 15) is 14.7 Å². The van der Waals surface area contributed by atoms with Crippen molar-refractivity contribution in [3.63, 3.8) is 0 Å². The molecule has 9 heteroatoms. The van der Waals surface area contributed by atoms with Crippen LogP contribution in [-0.2, 0) is 0 Å². The summed E-state index contributed by atoms with van der Waals surface area (Å²) in [4.78, 5) is 42.4. The number of aromatic carboxylic acids is 1. The highest BCUT2D eigenvalue weighted by Gasteiger charge is 2.35. The van der Waals surface area contributed by atoms with E-state index in [1.54, 1.807) is 12.1 Å². The number of imidazole rings is 1. The van der Waals surface area contributed by atoms with E-state index in [0.29, 0.717) is 17.3 Å². The lowest BCUT2D eigenvalue weighted by Crippen LogP contribution is -2.53. The van der Waals surface area contributed by atoms with Crippen molar-refractivity contribution >= 4 is 39.3 Å². The van der Waals surface area contributed by atoms with Gasteiger partial charge in [0.05, 0.1) is 27.8 Å². The molecule has 9 rings (SSSR count). The van der Waals surface area contributed by atoms with Crippen LogP contribution in [0.25, 0.3) is 44.5 Å². The summed E-state index contributed by atoms with van der Waals surface area (Å²) in [6.07, 6.45) is 5.68. The smallest absolute Gasteiger partial charge is 0.335 e. The number of hydrogen-bond acceptors (Lipinski definition) is 6. The highest BCUT2D eigenvalue weighted by atomic mass is 16.4. The molecule has 9 nitrogen and oxygen atoms in total. The third kappa shape index (κ3) is 4.72. The topological polar surface area (TPSA) is 117 Å². The Labute approximate surface area is 254 Å². The van der Waals surface area contributed by atoms with Gasteiger partial charge in [0.2, 0.25) is 0 Å². The Kier molecular flexibility index (Phi) is 6.63. The molecule has 4 fully saturated rings. The minimum atomic E-state index is -0.951. The number of hydrogen-bond donors (Lipinski definition) is 4. The number of nitrogens with one attached hydrogen (secondary N) is 3. The van der Waals surface area contributed by atoms with Crippen molar-refractivity contribution in [2.24, 2.45) is 5.92 Å². The normalized spacial score (nSPS) is 21.6. The van der Waals surface area contributed by atoms with Crippen molar-refractivity contribution in [2.45, 2.75) is 38.1 Å². The first-order chi connectivity index (χ1) is 21.5. The van der Waals surface area contributed by atoms with Gasteiger partial charge in [-0.05, 0) is 93.1 Å². The SMILES string of the molecule is O=C(O)c1cccc(-c2cc3c(N[C@@H]4CN5CCC4CC5)c(-c4nc5ccccc5[nH]4)c(=O)[nH]c3cc2N2CCCCC2)c1. The average molecular weight is 589 g/mol.